The van der Waals surface area contributed by atoms with Crippen molar-refractivity contribution in [3.05, 3.63) is 27.9 Å². The summed E-state index contributed by atoms with van der Waals surface area (Å²) < 4.78 is 6.33. The van der Waals surface area contributed by atoms with E-state index in [4.69, 9.17) is 5.11 Å². The summed E-state index contributed by atoms with van der Waals surface area (Å²) in [5.74, 6) is -1.57. The van der Waals surface area contributed by atoms with Crippen LogP contribution in [0.15, 0.2) is 6.07 Å². The van der Waals surface area contributed by atoms with E-state index in [1.165, 1.54) is 7.11 Å². The molecular formula is C9H5I3O4. The molecule has 0 radical (unpaired) electrons. The molecule has 0 fully saturated rings. The van der Waals surface area contributed by atoms with E-state index in [0.717, 1.165) is 0 Å². The number of esters is 1. The third-order valence-electron chi connectivity index (χ3n) is 1.77. The predicted molar refractivity (Wildman–Crippen MR) is 82.9 cm³/mol. The van der Waals surface area contributed by atoms with Gasteiger partial charge in [0.15, 0.2) is 0 Å². The molecule has 0 aliphatic heterocycles. The maximum atomic E-state index is 11.5. The Morgan fingerprint density at radius 2 is 1.69 bits per heavy atom. The van der Waals surface area contributed by atoms with Crippen molar-refractivity contribution < 1.29 is 19.4 Å². The third-order valence-corrected chi connectivity index (χ3v) is 4.55. The number of ether oxygens (including phenoxy) is 1. The molecule has 0 saturated carbocycles. The Hall–Kier alpha value is 0.350. The first-order valence-corrected chi connectivity index (χ1v) is 7.12. The van der Waals surface area contributed by atoms with Crippen molar-refractivity contribution in [1.82, 2.24) is 0 Å². The largest absolute Gasteiger partial charge is 0.478 e. The summed E-state index contributed by atoms with van der Waals surface area (Å²) >= 11 is 5.78. The molecule has 0 amide bonds. The van der Waals surface area contributed by atoms with Crippen molar-refractivity contribution in [1.29, 1.82) is 0 Å². The SMILES string of the molecule is COC(=O)c1c(I)cc(I)c(C(=O)O)c1I. The topological polar surface area (TPSA) is 63.6 Å². The van der Waals surface area contributed by atoms with Gasteiger partial charge in [0.2, 0.25) is 0 Å². The molecule has 0 aliphatic carbocycles. The molecule has 16 heavy (non-hydrogen) atoms. The minimum atomic E-state index is -1.05. The zero-order valence-electron chi connectivity index (χ0n) is 7.88. The highest BCUT2D eigenvalue weighted by Gasteiger charge is 2.23. The van der Waals surface area contributed by atoms with E-state index >= 15 is 0 Å². The molecule has 0 unspecified atom stereocenters. The lowest BCUT2D eigenvalue weighted by atomic mass is 10.1. The van der Waals surface area contributed by atoms with Crippen LogP contribution in [0.3, 0.4) is 0 Å². The van der Waals surface area contributed by atoms with E-state index in [-0.39, 0.29) is 5.56 Å². The third kappa shape index (κ3) is 2.78. The number of carboxylic acid groups (broad SMARTS) is 1. The average Bonchev–Trinajstić information content (AvgIpc) is 2.15. The van der Waals surface area contributed by atoms with Crippen LogP contribution in [0.2, 0.25) is 0 Å². The van der Waals surface area contributed by atoms with Gasteiger partial charge in [-0.15, -0.1) is 0 Å². The Labute approximate surface area is 133 Å². The van der Waals surface area contributed by atoms with Gasteiger partial charge in [0.05, 0.1) is 18.2 Å². The molecular weight excluding hydrogens is 553 g/mol. The fraction of sp³-hybridized carbons (Fsp3) is 0.111. The summed E-state index contributed by atoms with van der Waals surface area (Å²) in [6.07, 6.45) is 0. The second-order valence-electron chi connectivity index (χ2n) is 2.70. The van der Waals surface area contributed by atoms with Crippen molar-refractivity contribution in [3.63, 3.8) is 0 Å². The lowest BCUT2D eigenvalue weighted by Gasteiger charge is -2.10. The standard InChI is InChI=1S/C9H5I3O4/c1-16-9(15)6-4(11)2-3(10)5(7(6)12)8(13)14/h2H,1H3,(H,13,14). The molecule has 86 valence electrons. The van der Waals surface area contributed by atoms with Crippen molar-refractivity contribution in [2.45, 2.75) is 0 Å². The molecule has 0 saturated heterocycles. The van der Waals surface area contributed by atoms with Crippen LogP contribution in [0.4, 0.5) is 0 Å². The maximum absolute atomic E-state index is 11.5. The number of benzene rings is 1. The maximum Gasteiger partial charge on any atom is 0.340 e. The summed E-state index contributed by atoms with van der Waals surface area (Å²) in [6, 6.07) is 1.65. The molecule has 0 bridgehead atoms. The molecule has 1 N–H and O–H groups in total. The molecule has 1 aromatic carbocycles. The number of carbonyl (C=O) groups is 2. The fourth-order valence-corrected chi connectivity index (χ4v) is 5.35. The van der Waals surface area contributed by atoms with Crippen LogP contribution in [-0.4, -0.2) is 24.2 Å². The van der Waals surface area contributed by atoms with Crippen LogP contribution >= 0.6 is 67.8 Å². The molecule has 7 heteroatoms. The van der Waals surface area contributed by atoms with E-state index in [2.05, 4.69) is 4.74 Å². The van der Waals surface area contributed by atoms with Crippen molar-refractivity contribution in [3.8, 4) is 0 Å². The van der Waals surface area contributed by atoms with Gasteiger partial charge < -0.3 is 9.84 Å². The molecule has 1 rings (SSSR count). The van der Waals surface area contributed by atoms with Gasteiger partial charge in [0.25, 0.3) is 0 Å². The highest BCUT2D eigenvalue weighted by atomic mass is 127. The molecule has 4 nitrogen and oxygen atoms in total. The van der Waals surface area contributed by atoms with Crippen molar-refractivity contribution >= 4 is 79.7 Å². The van der Waals surface area contributed by atoms with Crippen LogP contribution in [0.5, 0.6) is 0 Å². The van der Waals surface area contributed by atoms with Crippen LogP contribution in [-0.2, 0) is 4.74 Å². The van der Waals surface area contributed by atoms with Gasteiger partial charge in [0, 0.05) is 10.7 Å². The van der Waals surface area contributed by atoms with Crippen molar-refractivity contribution in [2.24, 2.45) is 0 Å². The predicted octanol–water partition coefficient (Wildman–Crippen LogP) is 2.99. The monoisotopic (exact) mass is 558 g/mol. The Morgan fingerprint density at radius 1 is 1.19 bits per heavy atom. The number of carboxylic acids is 1. The molecule has 0 spiro atoms. The average molecular weight is 558 g/mol. The number of rotatable bonds is 2. The molecule has 0 atom stereocenters. The summed E-state index contributed by atoms with van der Waals surface area (Å²) in [6.45, 7) is 0. The first-order chi connectivity index (χ1) is 7.40. The van der Waals surface area contributed by atoms with E-state index in [1.807, 2.05) is 67.8 Å². The van der Waals surface area contributed by atoms with E-state index in [1.54, 1.807) is 6.07 Å². The lowest BCUT2D eigenvalue weighted by Crippen LogP contribution is -2.13. The van der Waals surface area contributed by atoms with Gasteiger partial charge >= 0.3 is 11.9 Å². The number of hydrogen-bond acceptors (Lipinski definition) is 3. The molecule has 0 heterocycles. The molecule has 0 aromatic heterocycles. The molecule has 0 aliphatic rings. The van der Waals surface area contributed by atoms with Crippen LogP contribution < -0.4 is 0 Å². The molecule has 1 aromatic rings. The van der Waals surface area contributed by atoms with Crippen molar-refractivity contribution in [2.75, 3.05) is 7.11 Å². The van der Waals surface area contributed by atoms with E-state index in [0.29, 0.717) is 16.3 Å². The second-order valence-corrected chi connectivity index (χ2v) is 6.10. The first-order valence-electron chi connectivity index (χ1n) is 3.89. The first kappa shape index (κ1) is 14.4. The van der Waals surface area contributed by atoms with Crippen LogP contribution in [0.25, 0.3) is 0 Å². The lowest BCUT2D eigenvalue weighted by molar-refractivity contribution is 0.0598. The zero-order chi connectivity index (χ0) is 12.5. The summed E-state index contributed by atoms with van der Waals surface area (Å²) in [5.41, 5.74) is 0.448. The minimum absolute atomic E-state index is 0.141. The van der Waals surface area contributed by atoms with E-state index in [9.17, 15) is 9.59 Å². The van der Waals surface area contributed by atoms with Gasteiger partial charge in [0.1, 0.15) is 0 Å². The number of methoxy groups -OCH3 is 1. The van der Waals surface area contributed by atoms with Gasteiger partial charge in [-0.2, -0.15) is 0 Å². The Balaban J connectivity index is 3.57. The second kappa shape index (κ2) is 5.80. The quantitative estimate of drug-likeness (QED) is 0.449. The summed E-state index contributed by atoms with van der Waals surface area (Å²) in [7, 11) is 1.27. The zero-order valence-corrected chi connectivity index (χ0v) is 14.4. The number of halogens is 3. The smallest absolute Gasteiger partial charge is 0.340 e. The summed E-state index contributed by atoms with van der Waals surface area (Å²) in [5, 5.41) is 9.05. The number of hydrogen-bond donors (Lipinski definition) is 1. The Morgan fingerprint density at radius 3 is 2.12 bits per heavy atom. The minimum Gasteiger partial charge on any atom is -0.478 e. The number of aromatic carboxylic acids is 1. The highest BCUT2D eigenvalue weighted by Crippen LogP contribution is 2.28. The van der Waals surface area contributed by atoms with Gasteiger partial charge in [-0.25, -0.2) is 9.59 Å². The highest BCUT2D eigenvalue weighted by molar-refractivity contribution is 14.1. The Bertz CT molecular complexity index is 470. The van der Waals surface area contributed by atoms with Gasteiger partial charge in [-0.05, 0) is 73.8 Å². The van der Waals surface area contributed by atoms with Gasteiger partial charge in [-0.1, -0.05) is 0 Å². The van der Waals surface area contributed by atoms with Crippen LogP contribution in [0, 0.1) is 10.7 Å². The van der Waals surface area contributed by atoms with Crippen LogP contribution in [0.1, 0.15) is 20.7 Å². The normalized spacial score (nSPS) is 10.0. The van der Waals surface area contributed by atoms with E-state index < -0.39 is 11.9 Å². The fourth-order valence-electron chi connectivity index (χ4n) is 1.08. The number of carbonyl (C=O) groups excluding carboxylic acids is 1. The van der Waals surface area contributed by atoms with Gasteiger partial charge in [-0.3, -0.25) is 0 Å². The Kier molecular flexibility index (Phi) is 5.22. The summed E-state index contributed by atoms with van der Waals surface area (Å²) in [4.78, 5) is 22.6.